The van der Waals surface area contributed by atoms with Crippen molar-refractivity contribution in [1.29, 1.82) is 0 Å². The van der Waals surface area contributed by atoms with Crippen LogP contribution in [0.1, 0.15) is 27.2 Å². The number of carbonyl (C=O) groups is 2. The molecular formula is C12H23NO5. The van der Waals surface area contributed by atoms with E-state index in [2.05, 4.69) is 4.74 Å². The molecule has 18 heavy (non-hydrogen) atoms. The molecular weight excluding hydrogens is 238 g/mol. The summed E-state index contributed by atoms with van der Waals surface area (Å²) in [5, 5.41) is 0. The smallest absolute Gasteiger partial charge is 0.410 e. The summed E-state index contributed by atoms with van der Waals surface area (Å²) in [7, 11) is 2.98. The zero-order valence-electron chi connectivity index (χ0n) is 11.8. The van der Waals surface area contributed by atoms with E-state index in [0.717, 1.165) is 13.0 Å². The Morgan fingerprint density at radius 3 is 2.22 bits per heavy atom. The number of hydrogen-bond donors (Lipinski definition) is 0. The molecule has 1 aliphatic rings. The number of carbonyl (C=O) groups excluding carboxylic acids is 2. The van der Waals surface area contributed by atoms with Gasteiger partial charge in [-0.3, -0.25) is 4.79 Å². The lowest BCUT2D eigenvalue weighted by molar-refractivity contribution is -0.126. The van der Waals surface area contributed by atoms with Crippen LogP contribution >= 0.6 is 0 Å². The lowest BCUT2D eigenvalue weighted by Gasteiger charge is -2.24. The van der Waals surface area contributed by atoms with Gasteiger partial charge in [-0.1, -0.05) is 0 Å². The van der Waals surface area contributed by atoms with Crippen LogP contribution in [-0.2, 0) is 19.0 Å². The second-order valence-corrected chi connectivity index (χ2v) is 4.90. The molecule has 0 aromatic carbocycles. The number of ether oxygens (including phenoxy) is 3. The third kappa shape index (κ3) is 7.11. The van der Waals surface area contributed by atoms with Gasteiger partial charge in [0.25, 0.3) is 6.47 Å². The quantitative estimate of drug-likeness (QED) is 0.704. The van der Waals surface area contributed by atoms with Gasteiger partial charge in [-0.2, -0.15) is 0 Å². The molecule has 1 rings (SSSR count). The van der Waals surface area contributed by atoms with Crippen LogP contribution in [0.2, 0.25) is 0 Å². The van der Waals surface area contributed by atoms with E-state index >= 15 is 0 Å². The van der Waals surface area contributed by atoms with E-state index in [0.29, 0.717) is 13.0 Å². The molecule has 0 bridgehead atoms. The number of methoxy groups -OCH3 is 2. The summed E-state index contributed by atoms with van der Waals surface area (Å²) in [6.45, 7) is 7.36. The summed E-state index contributed by atoms with van der Waals surface area (Å²) in [6, 6.07) is 0. The summed E-state index contributed by atoms with van der Waals surface area (Å²) < 4.78 is 14.3. The van der Waals surface area contributed by atoms with Crippen molar-refractivity contribution in [2.45, 2.75) is 38.9 Å². The largest absolute Gasteiger partial charge is 0.471 e. The standard InChI is InChI=1S/C10H19NO3.C2H4O2/c1-10(2,3)14-9(12)11-6-5-8(7-11)13-4;1-4-2-3/h8H,5-7H2,1-4H3;2H,1H3/t8-;/m0./s1. The zero-order chi connectivity index (χ0) is 14.2. The highest BCUT2D eigenvalue weighted by Gasteiger charge is 2.29. The van der Waals surface area contributed by atoms with Crippen molar-refractivity contribution in [3.8, 4) is 0 Å². The van der Waals surface area contributed by atoms with Crippen molar-refractivity contribution in [3.63, 3.8) is 0 Å². The van der Waals surface area contributed by atoms with Gasteiger partial charge >= 0.3 is 6.09 Å². The molecule has 1 atom stereocenters. The minimum absolute atomic E-state index is 0.169. The van der Waals surface area contributed by atoms with Crippen LogP contribution in [-0.4, -0.2) is 56.5 Å². The Kier molecular flexibility index (Phi) is 7.35. The van der Waals surface area contributed by atoms with E-state index in [1.54, 1.807) is 12.0 Å². The third-order valence-corrected chi connectivity index (χ3v) is 2.23. The Bertz CT molecular complexity index is 262. The Labute approximate surface area is 108 Å². The van der Waals surface area contributed by atoms with E-state index in [1.807, 2.05) is 20.8 Å². The number of rotatable bonds is 2. The molecule has 0 aromatic rings. The summed E-state index contributed by atoms with van der Waals surface area (Å²) in [4.78, 5) is 22.2. The summed E-state index contributed by atoms with van der Waals surface area (Å²) in [6.07, 6.45) is 0.829. The molecule has 0 N–H and O–H groups in total. The van der Waals surface area contributed by atoms with Crippen molar-refractivity contribution >= 4 is 12.6 Å². The third-order valence-electron chi connectivity index (χ3n) is 2.23. The van der Waals surface area contributed by atoms with E-state index in [1.165, 1.54) is 7.11 Å². The first-order valence-electron chi connectivity index (χ1n) is 5.81. The highest BCUT2D eigenvalue weighted by atomic mass is 16.6. The molecule has 1 heterocycles. The van der Waals surface area contributed by atoms with E-state index in [9.17, 15) is 4.79 Å². The van der Waals surface area contributed by atoms with Crippen LogP contribution in [0.5, 0.6) is 0 Å². The van der Waals surface area contributed by atoms with E-state index in [4.69, 9.17) is 14.3 Å². The van der Waals surface area contributed by atoms with Gasteiger partial charge in [0.05, 0.1) is 19.8 Å². The minimum atomic E-state index is -0.414. The summed E-state index contributed by atoms with van der Waals surface area (Å²) in [5.41, 5.74) is -0.414. The first kappa shape index (κ1) is 16.7. The molecule has 0 spiro atoms. The average Bonchev–Trinajstić information content (AvgIpc) is 2.76. The van der Waals surface area contributed by atoms with Gasteiger partial charge in [-0.15, -0.1) is 0 Å². The molecule has 1 amide bonds. The first-order valence-corrected chi connectivity index (χ1v) is 5.81. The monoisotopic (exact) mass is 261 g/mol. The minimum Gasteiger partial charge on any atom is -0.471 e. The van der Waals surface area contributed by atoms with Gasteiger partial charge in [0.2, 0.25) is 0 Å². The van der Waals surface area contributed by atoms with Crippen molar-refractivity contribution in [2.75, 3.05) is 27.3 Å². The second-order valence-electron chi connectivity index (χ2n) is 4.90. The Balaban J connectivity index is 0.000000631. The highest BCUT2D eigenvalue weighted by molar-refractivity contribution is 5.68. The van der Waals surface area contributed by atoms with Gasteiger partial charge < -0.3 is 19.1 Å². The molecule has 0 aromatic heterocycles. The Hall–Kier alpha value is -1.30. The molecule has 0 unspecified atom stereocenters. The van der Waals surface area contributed by atoms with E-state index < -0.39 is 5.60 Å². The zero-order valence-corrected chi connectivity index (χ0v) is 11.8. The molecule has 106 valence electrons. The van der Waals surface area contributed by atoms with Crippen LogP contribution in [0.25, 0.3) is 0 Å². The normalized spacial score (nSPS) is 18.7. The predicted octanol–water partition coefficient (Wildman–Crippen LogP) is 1.43. The van der Waals surface area contributed by atoms with Crippen molar-refractivity contribution in [3.05, 3.63) is 0 Å². The average molecular weight is 261 g/mol. The molecule has 6 nitrogen and oxygen atoms in total. The number of nitrogens with zero attached hydrogens (tertiary/aromatic N) is 1. The van der Waals surface area contributed by atoms with Crippen molar-refractivity contribution in [1.82, 2.24) is 4.90 Å². The Morgan fingerprint density at radius 2 is 1.89 bits per heavy atom. The number of amides is 1. The van der Waals surface area contributed by atoms with Gasteiger partial charge in [0, 0.05) is 13.7 Å². The van der Waals surface area contributed by atoms with Crippen LogP contribution < -0.4 is 0 Å². The molecule has 0 saturated carbocycles. The van der Waals surface area contributed by atoms with Crippen LogP contribution in [0, 0.1) is 0 Å². The maximum absolute atomic E-state index is 11.6. The molecule has 1 saturated heterocycles. The molecule has 6 heteroatoms. The fraction of sp³-hybridized carbons (Fsp3) is 0.833. The predicted molar refractivity (Wildman–Crippen MR) is 66.3 cm³/mol. The van der Waals surface area contributed by atoms with Gasteiger partial charge in [0.1, 0.15) is 5.60 Å². The fourth-order valence-electron chi connectivity index (χ4n) is 1.41. The van der Waals surface area contributed by atoms with E-state index in [-0.39, 0.29) is 12.2 Å². The number of likely N-dealkylation sites (tertiary alicyclic amines) is 1. The molecule has 0 aliphatic carbocycles. The fourth-order valence-corrected chi connectivity index (χ4v) is 1.41. The number of hydrogen-bond acceptors (Lipinski definition) is 5. The maximum atomic E-state index is 11.6. The Morgan fingerprint density at radius 1 is 1.33 bits per heavy atom. The SMILES string of the molecule is COC=O.CO[C@H]1CCN(C(=O)OC(C)(C)C)C1. The molecule has 1 aliphatic heterocycles. The lowest BCUT2D eigenvalue weighted by atomic mass is 10.2. The highest BCUT2D eigenvalue weighted by Crippen LogP contribution is 2.16. The van der Waals surface area contributed by atoms with Crippen molar-refractivity contribution < 1.29 is 23.8 Å². The second kappa shape index (κ2) is 7.92. The topological polar surface area (TPSA) is 65.1 Å². The molecule has 0 radical (unpaired) electrons. The van der Waals surface area contributed by atoms with Gasteiger partial charge in [-0.25, -0.2) is 4.79 Å². The van der Waals surface area contributed by atoms with Crippen LogP contribution in [0.4, 0.5) is 4.79 Å². The van der Waals surface area contributed by atoms with Crippen LogP contribution in [0.3, 0.4) is 0 Å². The van der Waals surface area contributed by atoms with Crippen LogP contribution in [0.15, 0.2) is 0 Å². The first-order chi connectivity index (χ1) is 8.34. The summed E-state index contributed by atoms with van der Waals surface area (Å²) >= 11 is 0. The van der Waals surface area contributed by atoms with Gasteiger partial charge in [-0.05, 0) is 27.2 Å². The molecule has 1 fully saturated rings. The summed E-state index contributed by atoms with van der Waals surface area (Å²) in [5.74, 6) is 0. The lowest BCUT2D eigenvalue weighted by Crippen LogP contribution is -2.35. The van der Waals surface area contributed by atoms with Crippen molar-refractivity contribution in [2.24, 2.45) is 0 Å². The maximum Gasteiger partial charge on any atom is 0.410 e. The van der Waals surface area contributed by atoms with Gasteiger partial charge in [0.15, 0.2) is 0 Å².